The van der Waals surface area contributed by atoms with Crippen molar-refractivity contribution in [2.45, 2.75) is 31.4 Å². The molecule has 2 N–H and O–H groups in total. The molecule has 7 nitrogen and oxygen atoms in total. The number of fused-ring (bicyclic) bond motifs is 2. The summed E-state index contributed by atoms with van der Waals surface area (Å²) >= 11 is 6.73. The number of carbonyl (C=O) groups is 2. The molecule has 4 heterocycles. The number of aromatic nitrogens is 2. The van der Waals surface area contributed by atoms with Crippen LogP contribution in [0.2, 0.25) is 5.02 Å². The van der Waals surface area contributed by atoms with Crippen LogP contribution in [0.1, 0.15) is 29.9 Å². The number of carboxylic acid groups (broad SMARTS) is 1. The minimum atomic E-state index is -5.08. The highest BCUT2D eigenvalue weighted by Crippen LogP contribution is 2.43. The van der Waals surface area contributed by atoms with Crippen molar-refractivity contribution in [2.75, 3.05) is 31.6 Å². The highest BCUT2D eigenvalue weighted by atomic mass is 35.5. The molecule has 0 spiro atoms. The van der Waals surface area contributed by atoms with Crippen LogP contribution in [-0.4, -0.2) is 64.7 Å². The van der Waals surface area contributed by atoms with E-state index in [0.717, 1.165) is 58.6 Å². The molecule has 0 atom stereocenters. The van der Waals surface area contributed by atoms with Gasteiger partial charge in [-0.2, -0.15) is 13.2 Å². The van der Waals surface area contributed by atoms with Crippen LogP contribution >= 0.6 is 11.6 Å². The van der Waals surface area contributed by atoms with Crippen LogP contribution in [0.5, 0.6) is 0 Å². The standard InChI is InChI=1S/C30H29ClN4O.C2HF3O2/c1-3-26(36)35-17-13-21-6-9-23(18-25(21)35)27-28-24(31)10-14-32-30(28)33-29(27)22-7-4-19(5-8-22)20-11-15-34(2)16-12-20;3-2(4,5)1(6)7/h3-10,14,18,20H,1,11-13,15-17H2,2H3,(H,32,33);(H,6,7). The van der Waals surface area contributed by atoms with E-state index in [1.54, 1.807) is 11.1 Å². The number of pyridine rings is 1. The number of amides is 1. The highest BCUT2D eigenvalue weighted by Gasteiger charge is 2.38. The quantitative estimate of drug-likeness (QED) is 0.241. The van der Waals surface area contributed by atoms with E-state index in [0.29, 0.717) is 17.5 Å². The average Bonchev–Trinajstić information content (AvgIpc) is 3.59. The lowest BCUT2D eigenvalue weighted by atomic mass is 9.88. The number of alkyl halides is 3. The van der Waals surface area contributed by atoms with Gasteiger partial charge in [0.1, 0.15) is 5.65 Å². The van der Waals surface area contributed by atoms with Crippen molar-refractivity contribution in [2.24, 2.45) is 0 Å². The molecule has 0 aliphatic carbocycles. The van der Waals surface area contributed by atoms with Gasteiger partial charge in [-0.15, -0.1) is 0 Å². The van der Waals surface area contributed by atoms with Gasteiger partial charge in [-0.25, -0.2) is 9.78 Å². The van der Waals surface area contributed by atoms with Crippen LogP contribution in [0.15, 0.2) is 67.4 Å². The number of anilines is 1. The summed E-state index contributed by atoms with van der Waals surface area (Å²) < 4.78 is 31.7. The molecule has 1 fully saturated rings. The van der Waals surface area contributed by atoms with Gasteiger partial charge in [0.15, 0.2) is 0 Å². The van der Waals surface area contributed by atoms with Crippen molar-refractivity contribution < 1.29 is 27.9 Å². The number of hydrogen-bond acceptors (Lipinski definition) is 4. The van der Waals surface area contributed by atoms with Crippen LogP contribution in [0.25, 0.3) is 33.4 Å². The summed E-state index contributed by atoms with van der Waals surface area (Å²) in [5.41, 5.74) is 8.36. The van der Waals surface area contributed by atoms with E-state index in [9.17, 15) is 18.0 Å². The molecule has 1 amide bonds. The van der Waals surface area contributed by atoms with E-state index in [2.05, 4.69) is 71.0 Å². The number of nitrogens with one attached hydrogen (secondary N) is 1. The summed E-state index contributed by atoms with van der Waals surface area (Å²) in [4.78, 5) is 33.7. The van der Waals surface area contributed by atoms with Gasteiger partial charge in [0.05, 0.1) is 10.7 Å². The average molecular weight is 611 g/mol. The number of aromatic amines is 1. The lowest BCUT2D eigenvalue weighted by Gasteiger charge is -2.29. The van der Waals surface area contributed by atoms with Gasteiger partial charge in [-0.1, -0.05) is 54.6 Å². The molecule has 1 saturated heterocycles. The Bertz CT molecular complexity index is 1680. The zero-order valence-corrected chi connectivity index (χ0v) is 24.2. The normalized spacial score (nSPS) is 15.6. The molecule has 224 valence electrons. The van der Waals surface area contributed by atoms with E-state index in [4.69, 9.17) is 21.5 Å². The molecule has 2 aliphatic rings. The van der Waals surface area contributed by atoms with Crippen molar-refractivity contribution in [1.82, 2.24) is 14.9 Å². The number of carbonyl (C=O) groups excluding carboxylic acids is 1. The Labute approximate surface area is 251 Å². The summed E-state index contributed by atoms with van der Waals surface area (Å²) in [6, 6.07) is 17.1. The van der Waals surface area contributed by atoms with Gasteiger partial charge in [0.2, 0.25) is 5.91 Å². The van der Waals surface area contributed by atoms with Gasteiger partial charge in [0, 0.05) is 29.4 Å². The number of H-pyrrole nitrogens is 1. The molecule has 0 radical (unpaired) electrons. The summed E-state index contributed by atoms with van der Waals surface area (Å²) in [6.07, 6.45) is 1.26. The van der Waals surface area contributed by atoms with Crippen molar-refractivity contribution in [3.8, 4) is 22.4 Å². The Balaban J connectivity index is 0.000000472. The summed E-state index contributed by atoms with van der Waals surface area (Å²) in [6.45, 7) is 6.64. The van der Waals surface area contributed by atoms with Crippen LogP contribution in [0, 0.1) is 0 Å². The largest absolute Gasteiger partial charge is 0.490 e. The van der Waals surface area contributed by atoms with Crippen molar-refractivity contribution in [3.63, 3.8) is 0 Å². The zero-order chi connectivity index (χ0) is 30.9. The molecular formula is C32H30ClF3N4O3. The number of piperidine rings is 1. The number of nitrogens with zero attached hydrogens (tertiary/aromatic N) is 3. The lowest BCUT2D eigenvalue weighted by molar-refractivity contribution is -0.192. The number of halogens is 4. The van der Waals surface area contributed by atoms with Crippen LogP contribution in [0.4, 0.5) is 18.9 Å². The molecule has 43 heavy (non-hydrogen) atoms. The SMILES string of the molecule is C=CC(=O)N1CCc2ccc(-c3c(-c4ccc(C5CCN(C)CC5)cc4)[nH]c4nccc(Cl)c34)cc21.O=C(O)C(F)(F)F. The first-order chi connectivity index (χ1) is 20.5. The van der Waals surface area contributed by atoms with E-state index in [1.165, 1.54) is 30.0 Å². The molecule has 2 aromatic heterocycles. The maximum absolute atomic E-state index is 12.5. The molecule has 6 rings (SSSR count). The molecule has 11 heteroatoms. The molecule has 2 aliphatic heterocycles. The van der Waals surface area contributed by atoms with Crippen LogP contribution < -0.4 is 4.90 Å². The molecule has 0 bridgehead atoms. The third-order valence-corrected chi connectivity index (χ3v) is 8.30. The second-order valence-electron chi connectivity index (χ2n) is 10.7. The Morgan fingerprint density at radius 1 is 1.07 bits per heavy atom. The predicted molar refractivity (Wildman–Crippen MR) is 161 cm³/mol. The minimum Gasteiger partial charge on any atom is -0.475 e. The van der Waals surface area contributed by atoms with Crippen LogP contribution in [-0.2, 0) is 16.0 Å². The molecule has 4 aromatic rings. The van der Waals surface area contributed by atoms with Gasteiger partial charge < -0.3 is 19.9 Å². The number of hydrogen-bond donors (Lipinski definition) is 2. The maximum atomic E-state index is 12.5. The summed E-state index contributed by atoms with van der Waals surface area (Å²) in [7, 11) is 2.20. The van der Waals surface area contributed by atoms with E-state index < -0.39 is 12.1 Å². The third kappa shape index (κ3) is 6.30. The van der Waals surface area contributed by atoms with Crippen molar-refractivity contribution >= 4 is 40.2 Å². The van der Waals surface area contributed by atoms with E-state index in [1.807, 2.05) is 6.07 Å². The van der Waals surface area contributed by atoms with E-state index in [-0.39, 0.29) is 5.91 Å². The number of carboxylic acids is 1. The predicted octanol–water partition coefficient (Wildman–Crippen LogP) is 7.07. The summed E-state index contributed by atoms with van der Waals surface area (Å²) in [5, 5.41) is 8.67. The number of benzene rings is 2. The first kappa shape index (κ1) is 30.3. The first-order valence-electron chi connectivity index (χ1n) is 13.8. The van der Waals surface area contributed by atoms with Gasteiger partial charge in [-0.3, -0.25) is 4.79 Å². The zero-order valence-electron chi connectivity index (χ0n) is 23.4. The van der Waals surface area contributed by atoms with Gasteiger partial charge in [-0.05, 0) is 85.8 Å². The minimum absolute atomic E-state index is 0.0748. The Kier molecular flexibility index (Phi) is 8.62. The fourth-order valence-corrected chi connectivity index (χ4v) is 5.96. The Morgan fingerprint density at radius 3 is 2.35 bits per heavy atom. The molecule has 2 aromatic carbocycles. The van der Waals surface area contributed by atoms with Crippen molar-refractivity contribution in [1.29, 1.82) is 0 Å². The van der Waals surface area contributed by atoms with Crippen molar-refractivity contribution in [3.05, 3.63) is 83.5 Å². The molecule has 0 unspecified atom stereocenters. The number of aliphatic carboxylic acids is 1. The van der Waals surface area contributed by atoms with Gasteiger partial charge >= 0.3 is 12.1 Å². The smallest absolute Gasteiger partial charge is 0.475 e. The molecule has 0 saturated carbocycles. The second-order valence-corrected chi connectivity index (χ2v) is 11.1. The fourth-order valence-electron chi connectivity index (χ4n) is 5.72. The monoisotopic (exact) mass is 610 g/mol. The second kappa shape index (κ2) is 12.2. The first-order valence-corrected chi connectivity index (χ1v) is 14.2. The number of likely N-dealkylation sites (tertiary alicyclic amines) is 1. The maximum Gasteiger partial charge on any atom is 0.490 e. The van der Waals surface area contributed by atoms with E-state index >= 15 is 0 Å². The Morgan fingerprint density at radius 2 is 1.72 bits per heavy atom. The molecular weight excluding hydrogens is 581 g/mol. The summed E-state index contributed by atoms with van der Waals surface area (Å²) in [5.74, 6) is -2.22. The fraction of sp³-hybridized carbons (Fsp3) is 0.281. The van der Waals surface area contributed by atoms with Gasteiger partial charge in [0.25, 0.3) is 0 Å². The third-order valence-electron chi connectivity index (χ3n) is 7.99. The number of rotatable bonds is 4. The topological polar surface area (TPSA) is 89.5 Å². The Hall–Kier alpha value is -4.15. The lowest BCUT2D eigenvalue weighted by Crippen LogP contribution is -2.29. The van der Waals surface area contributed by atoms with Crippen LogP contribution in [0.3, 0.4) is 0 Å². The highest BCUT2D eigenvalue weighted by molar-refractivity contribution is 6.36.